The van der Waals surface area contributed by atoms with Crippen LogP contribution < -0.4 is 10.6 Å². The number of halogens is 4. The van der Waals surface area contributed by atoms with Crippen molar-refractivity contribution in [3.8, 4) is 0 Å². The van der Waals surface area contributed by atoms with Crippen LogP contribution in [0.5, 0.6) is 0 Å². The minimum Gasteiger partial charge on any atom is -0.325 e. The molecular formula is C19H21BrF3N3O3. The number of alkyl halides is 3. The fraction of sp³-hybridized carbons (Fsp3) is 0.526. The summed E-state index contributed by atoms with van der Waals surface area (Å²) in [5, 5.41) is 5.05. The Morgan fingerprint density at radius 1 is 1.31 bits per heavy atom. The number of hydrogen-bond acceptors (Lipinski definition) is 3. The topological polar surface area (TPSA) is 78.5 Å². The Balaban J connectivity index is 1.67. The zero-order chi connectivity index (χ0) is 21.4. The van der Waals surface area contributed by atoms with Crippen molar-refractivity contribution in [1.29, 1.82) is 0 Å². The van der Waals surface area contributed by atoms with Crippen LogP contribution in [-0.2, 0) is 15.8 Å². The molecule has 4 amide bonds. The van der Waals surface area contributed by atoms with Gasteiger partial charge < -0.3 is 10.6 Å². The van der Waals surface area contributed by atoms with E-state index in [1.54, 1.807) is 0 Å². The van der Waals surface area contributed by atoms with Crippen LogP contribution in [0.1, 0.15) is 44.6 Å². The number of carbonyl (C=O) groups is 3. The second kappa shape index (κ2) is 7.97. The molecule has 2 aliphatic rings. The number of amides is 4. The smallest absolute Gasteiger partial charge is 0.325 e. The maximum atomic E-state index is 13.0. The highest BCUT2D eigenvalue weighted by Gasteiger charge is 2.52. The molecule has 1 saturated heterocycles. The second-order valence-corrected chi connectivity index (χ2v) is 8.35. The summed E-state index contributed by atoms with van der Waals surface area (Å²) in [6, 6.07) is 2.62. The van der Waals surface area contributed by atoms with Gasteiger partial charge in [-0.1, -0.05) is 29.3 Å². The lowest BCUT2D eigenvalue weighted by molar-refractivity contribution is -0.138. The number of anilines is 1. The molecular weight excluding hydrogens is 455 g/mol. The lowest BCUT2D eigenvalue weighted by atomic mass is 9.75. The van der Waals surface area contributed by atoms with E-state index < -0.39 is 41.7 Å². The first-order valence-corrected chi connectivity index (χ1v) is 10.2. The largest absolute Gasteiger partial charge is 0.417 e. The Morgan fingerprint density at radius 3 is 2.55 bits per heavy atom. The molecule has 1 aliphatic carbocycles. The predicted octanol–water partition coefficient (Wildman–Crippen LogP) is 4.30. The molecule has 29 heavy (non-hydrogen) atoms. The standard InChI is InChI=1S/C19H21BrF3N3O3/c1-2-11-5-7-18(8-6-11)16(28)26(17(29)25-18)10-15(27)24-12-3-4-14(20)13(9-12)19(21,22)23/h3-4,9,11H,2,5-8,10H2,1H3,(H,24,27)(H,25,29). The molecule has 3 rings (SSSR count). The number of hydrogen-bond donors (Lipinski definition) is 2. The Labute approximate surface area is 174 Å². The highest BCUT2D eigenvalue weighted by atomic mass is 79.9. The summed E-state index contributed by atoms with van der Waals surface area (Å²) in [6.45, 7) is 1.53. The Hall–Kier alpha value is -2.10. The average Bonchev–Trinajstić information content (AvgIpc) is 2.87. The van der Waals surface area contributed by atoms with Crippen LogP contribution in [-0.4, -0.2) is 34.8 Å². The monoisotopic (exact) mass is 475 g/mol. The SMILES string of the molecule is CCC1CCC2(CC1)NC(=O)N(CC(=O)Nc1ccc(Br)c(C(F)(F)F)c1)C2=O. The van der Waals surface area contributed by atoms with E-state index in [4.69, 9.17) is 0 Å². The first-order valence-electron chi connectivity index (χ1n) is 9.36. The number of urea groups is 1. The average molecular weight is 476 g/mol. The summed E-state index contributed by atoms with van der Waals surface area (Å²) in [7, 11) is 0. The molecule has 2 fully saturated rings. The fourth-order valence-corrected chi connectivity index (χ4v) is 4.37. The molecule has 1 heterocycles. The third-order valence-electron chi connectivity index (χ3n) is 5.64. The van der Waals surface area contributed by atoms with Crippen LogP contribution in [0.4, 0.5) is 23.7 Å². The number of benzene rings is 1. The van der Waals surface area contributed by atoms with Gasteiger partial charge in [-0.2, -0.15) is 13.2 Å². The van der Waals surface area contributed by atoms with Gasteiger partial charge in [0, 0.05) is 10.2 Å². The maximum Gasteiger partial charge on any atom is 0.417 e. The van der Waals surface area contributed by atoms with E-state index in [1.807, 2.05) is 0 Å². The molecule has 0 bridgehead atoms. The van der Waals surface area contributed by atoms with Crippen molar-refractivity contribution in [2.45, 2.75) is 50.7 Å². The first kappa shape index (κ1) is 21.6. The normalized spacial score (nSPS) is 24.7. The molecule has 0 atom stereocenters. The van der Waals surface area contributed by atoms with Crippen LogP contribution in [0, 0.1) is 5.92 Å². The summed E-state index contributed by atoms with van der Waals surface area (Å²) >= 11 is 2.83. The number of nitrogens with one attached hydrogen (secondary N) is 2. The van der Waals surface area contributed by atoms with Crippen molar-refractivity contribution in [2.24, 2.45) is 5.92 Å². The van der Waals surface area contributed by atoms with Gasteiger partial charge in [0.05, 0.1) is 5.56 Å². The summed E-state index contributed by atoms with van der Waals surface area (Å²) in [4.78, 5) is 38.2. The van der Waals surface area contributed by atoms with Crippen molar-refractivity contribution in [3.05, 3.63) is 28.2 Å². The molecule has 6 nitrogen and oxygen atoms in total. The molecule has 0 aromatic heterocycles. The molecule has 0 unspecified atom stereocenters. The van der Waals surface area contributed by atoms with Gasteiger partial charge in [0.25, 0.3) is 5.91 Å². The first-order chi connectivity index (χ1) is 13.6. The molecule has 1 spiro atoms. The van der Waals surface area contributed by atoms with Crippen molar-refractivity contribution in [1.82, 2.24) is 10.2 Å². The zero-order valence-electron chi connectivity index (χ0n) is 15.7. The van der Waals surface area contributed by atoms with Crippen molar-refractivity contribution in [2.75, 3.05) is 11.9 Å². The highest BCUT2D eigenvalue weighted by Crippen LogP contribution is 2.38. The van der Waals surface area contributed by atoms with Gasteiger partial charge in [0.1, 0.15) is 12.1 Å². The van der Waals surface area contributed by atoms with Crippen LogP contribution >= 0.6 is 15.9 Å². The fourth-order valence-electron chi connectivity index (χ4n) is 3.90. The van der Waals surface area contributed by atoms with E-state index >= 15 is 0 Å². The van der Waals surface area contributed by atoms with Gasteiger partial charge in [-0.15, -0.1) is 0 Å². The molecule has 0 radical (unpaired) electrons. The van der Waals surface area contributed by atoms with Gasteiger partial charge in [-0.3, -0.25) is 14.5 Å². The van der Waals surface area contributed by atoms with E-state index in [0.29, 0.717) is 18.8 Å². The maximum absolute atomic E-state index is 13.0. The number of carbonyl (C=O) groups excluding carboxylic acids is 3. The van der Waals surface area contributed by atoms with Crippen LogP contribution in [0.25, 0.3) is 0 Å². The highest BCUT2D eigenvalue weighted by molar-refractivity contribution is 9.10. The van der Waals surface area contributed by atoms with E-state index in [2.05, 4.69) is 33.5 Å². The minimum absolute atomic E-state index is 0.0734. The third kappa shape index (κ3) is 4.41. The Morgan fingerprint density at radius 2 is 1.97 bits per heavy atom. The summed E-state index contributed by atoms with van der Waals surface area (Å²) in [6.07, 6.45) is -0.888. The van der Waals surface area contributed by atoms with Crippen molar-refractivity contribution < 1.29 is 27.6 Å². The molecule has 2 N–H and O–H groups in total. The summed E-state index contributed by atoms with van der Waals surface area (Å²) < 4.78 is 38.9. The van der Waals surface area contributed by atoms with Gasteiger partial charge in [0.2, 0.25) is 5.91 Å². The molecule has 1 saturated carbocycles. The van der Waals surface area contributed by atoms with Gasteiger partial charge in [-0.25, -0.2) is 4.79 Å². The van der Waals surface area contributed by atoms with Gasteiger partial charge in [-0.05, 0) is 49.8 Å². The second-order valence-electron chi connectivity index (χ2n) is 7.50. The van der Waals surface area contributed by atoms with Crippen LogP contribution in [0.2, 0.25) is 0 Å². The minimum atomic E-state index is -4.59. The molecule has 158 valence electrons. The lowest BCUT2D eigenvalue weighted by Gasteiger charge is -2.34. The quantitative estimate of drug-likeness (QED) is 0.637. The van der Waals surface area contributed by atoms with Crippen LogP contribution in [0.3, 0.4) is 0 Å². The van der Waals surface area contributed by atoms with Gasteiger partial charge >= 0.3 is 12.2 Å². The van der Waals surface area contributed by atoms with Gasteiger partial charge in [0.15, 0.2) is 0 Å². The summed E-state index contributed by atoms with van der Waals surface area (Å²) in [5.41, 5.74) is -1.97. The van der Waals surface area contributed by atoms with E-state index in [-0.39, 0.29) is 10.2 Å². The van der Waals surface area contributed by atoms with Crippen LogP contribution in [0.15, 0.2) is 22.7 Å². The van der Waals surface area contributed by atoms with Crippen molar-refractivity contribution >= 4 is 39.5 Å². The lowest BCUT2D eigenvalue weighted by Crippen LogP contribution is -2.49. The third-order valence-corrected chi connectivity index (χ3v) is 6.33. The Bertz CT molecular complexity index is 836. The number of nitrogens with zero attached hydrogens (tertiary/aromatic N) is 1. The Kier molecular flexibility index (Phi) is 5.93. The van der Waals surface area contributed by atoms with E-state index in [1.165, 1.54) is 12.1 Å². The van der Waals surface area contributed by atoms with E-state index in [9.17, 15) is 27.6 Å². The number of rotatable bonds is 4. The van der Waals surface area contributed by atoms with Crippen molar-refractivity contribution in [3.63, 3.8) is 0 Å². The number of imide groups is 1. The molecule has 10 heteroatoms. The molecule has 1 aromatic carbocycles. The summed E-state index contributed by atoms with van der Waals surface area (Å²) in [5.74, 6) is -0.676. The van der Waals surface area contributed by atoms with E-state index in [0.717, 1.165) is 30.2 Å². The molecule has 1 aromatic rings. The zero-order valence-corrected chi connectivity index (χ0v) is 17.3. The predicted molar refractivity (Wildman–Crippen MR) is 103 cm³/mol. The molecule has 1 aliphatic heterocycles.